The number of anilines is 1. The van der Waals surface area contributed by atoms with Crippen LogP contribution in [0.3, 0.4) is 0 Å². The molecule has 0 saturated carbocycles. The second kappa shape index (κ2) is 12.5. The van der Waals surface area contributed by atoms with Crippen molar-refractivity contribution in [2.24, 2.45) is 0 Å². The van der Waals surface area contributed by atoms with Gasteiger partial charge in [-0.3, -0.25) is 4.90 Å². The summed E-state index contributed by atoms with van der Waals surface area (Å²) in [6, 6.07) is 13.4. The van der Waals surface area contributed by atoms with E-state index in [2.05, 4.69) is 17.1 Å². The van der Waals surface area contributed by atoms with Crippen molar-refractivity contribution in [2.75, 3.05) is 51.3 Å². The number of halogens is 1. The van der Waals surface area contributed by atoms with Crippen molar-refractivity contribution in [3.05, 3.63) is 58.6 Å². The number of fused-ring (bicyclic) bond motifs is 1. The van der Waals surface area contributed by atoms with E-state index in [1.54, 1.807) is 0 Å². The Morgan fingerprint density at radius 2 is 1.97 bits per heavy atom. The van der Waals surface area contributed by atoms with E-state index in [0.29, 0.717) is 17.2 Å². The molecule has 36 heavy (non-hydrogen) atoms. The summed E-state index contributed by atoms with van der Waals surface area (Å²) in [5.41, 5.74) is 3.98. The van der Waals surface area contributed by atoms with Gasteiger partial charge in [0.2, 0.25) is 0 Å². The van der Waals surface area contributed by atoms with E-state index in [1.165, 1.54) is 0 Å². The largest absolute Gasteiger partial charge is 0.479 e. The lowest BCUT2D eigenvalue weighted by molar-refractivity contribution is -0.151. The minimum absolute atomic E-state index is 0.384. The molecule has 1 aliphatic rings. The van der Waals surface area contributed by atoms with Crippen molar-refractivity contribution < 1.29 is 19.4 Å². The average molecular weight is 512 g/mol. The monoisotopic (exact) mass is 511 g/mol. The summed E-state index contributed by atoms with van der Waals surface area (Å²) in [7, 11) is 0. The highest BCUT2D eigenvalue weighted by Gasteiger charge is 2.28. The van der Waals surface area contributed by atoms with Gasteiger partial charge in [0, 0.05) is 48.8 Å². The first-order valence-corrected chi connectivity index (χ1v) is 12.9. The lowest BCUT2D eigenvalue weighted by atomic mass is 9.88. The summed E-state index contributed by atoms with van der Waals surface area (Å²) in [5.74, 6) is -0.211. The number of hydrogen-bond acceptors (Lipinski definition) is 6. The van der Waals surface area contributed by atoms with Crippen LogP contribution in [0.15, 0.2) is 42.5 Å². The van der Waals surface area contributed by atoms with E-state index in [0.717, 1.165) is 85.6 Å². The first-order valence-electron chi connectivity index (χ1n) is 12.6. The standard InChI is InChI=1S/C28H34ClN3O4/c1-3-4-15-36-27(28(33)34)25-19(2)18-23-22(26(25)20-5-7-21(29)8-6-20)9-10-24(31-23)30-11-12-32-13-16-35-17-14-32/h5-10,18,27H,3-4,11-17H2,1-2H3,(H,30,31)(H,33,34). The number of ether oxygens (including phenoxy) is 2. The minimum Gasteiger partial charge on any atom is -0.479 e. The molecule has 0 aliphatic carbocycles. The molecule has 1 fully saturated rings. The lowest BCUT2D eigenvalue weighted by Gasteiger charge is -2.26. The normalized spacial score (nSPS) is 15.2. The van der Waals surface area contributed by atoms with Crippen LogP contribution in [-0.2, 0) is 14.3 Å². The zero-order valence-electron chi connectivity index (χ0n) is 20.9. The number of nitrogens with zero attached hydrogens (tertiary/aromatic N) is 2. The van der Waals surface area contributed by atoms with Gasteiger partial charge in [-0.15, -0.1) is 0 Å². The Labute approximate surface area is 217 Å². The van der Waals surface area contributed by atoms with E-state index in [4.69, 9.17) is 26.1 Å². The summed E-state index contributed by atoms with van der Waals surface area (Å²) in [5, 5.41) is 15.0. The summed E-state index contributed by atoms with van der Waals surface area (Å²) in [4.78, 5) is 19.6. The van der Waals surface area contributed by atoms with E-state index >= 15 is 0 Å². The molecule has 1 atom stereocenters. The number of carboxylic acids is 1. The molecule has 1 saturated heterocycles. The van der Waals surface area contributed by atoms with Gasteiger partial charge in [0.25, 0.3) is 0 Å². The molecule has 0 spiro atoms. The topological polar surface area (TPSA) is 83.9 Å². The second-order valence-corrected chi connectivity index (χ2v) is 9.51. The van der Waals surface area contributed by atoms with E-state index in [-0.39, 0.29) is 0 Å². The van der Waals surface area contributed by atoms with Crippen LogP contribution in [0.2, 0.25) is 5.02 Å². The molecule has 2 aromatic carbocycles. The maximum atomic E-state index is 12.3. The van der Waals surface area contributed by atoms with Gasteiger partial charge in [0.1, 0.15) is 5.82 Å². The minimum atomic E-state index is -1.07. The van der Waals surface area contributed by atoms with Gasteiger partial charge < -0.3 is 19.9 Å². The molecular weight excluding hydrogens is 478 g/mol. The van der Waals surface area contributed by atoms with Crippen molar-refractivity contribution in [1.29, 1.82) is 0 Å². The highest BCUT2D eigenvalue weighted by molar-refractivity contribution is 6.30. The molecule has 0 radical (unpaired) electrons. The fraction of sp³-hybridized carbons (Fsp3) is 0.429. The SMILES string of the molecule is CCCCOC(C(=O)O)c1c(C)cc2nc(NCCN3CCOCC3)ccc2c1-c1ccc(Cl)cc1. The summed E-state index contributed by atoms with van der Waals surface area (Å²) in [6.45, 7) is 9.53. The third kappa shape index (κ3) is 6.34. The van der Waals surface area contributed by atoms with Crippen LogP contribution >= 0.6 is 11.6 Å². The van der Waals surface area contributed by atoms with Gasteiger partial charge in [0.15, 0.2) is 6.10 Å². The summed E-state index contributed by atoms with van der Waals surface area (Å²) >= 11 is 6.16. The van der Waals surface area contributed by atoms with Crippen molar-refractivity contribution in [3.8, 4) is 11.1 Å². The van der Waals surface area contributed by atoms with Gasteiger partial charge in [-0.05, 0) is 60.4 Å². The predicted octanol–water partition coefficient (Wildman–Crippen LogP) is 5.55. The quantitative estimate of drug-likeness (QED) is 0.326. The molecule has 8 heteroatoms. The van der Waals surface area contributed by atoms with Crippen LogP contribution in [0.25, 0.3) is 22.0 Å². The van der Waals surface area contributed by atoms with E-state index < -0.39 is 12.1 Å². The van der Waals surface area contributed by atoms with E-state index in [1.807, 2.05) is 49.4 Å². The Hall–Kier alpha value is -2.71. The van der Waals surface area contributed by atoms with Crippen LogP contribution in [0.4, 0.5) is 5.82 Å². The molecule has 4 rings (SSSR count). The Kier molecular flexibility index (Phi) is 9.15. The number of nitrogens with one attached hydrogen (secondary N) is 1. The van der Waals surface area contributed by atoms with Gasteiger partial charge in [-0.2, -0.15) is 0 Å². The third-order valence-corrected chi connectivity index (χ3v) is 6.73. The lowest BCUT2D eigenvalue weighted by Crippen LogP contribution is -2.39. The number of benzene rings is 2. The Morgan fingerprint density at radius 3 is 2.67 bits per heavy atom. The van der Waals surface area contributed by atoms with Gasteiger partial charge >= 0.3 is 5.97 Å². The number of carbonyl (C=O) groups is 1. The maximum Gasteiger partial charge on any atom is 0.337 e. The average Bonchev–Trinajstić information content (AvgIpc) is 2.87. The zero-order chi connectivity index (χ0) is 25.5. The van der Waals surface area contributed by atoms with E-state index in [9.17, 15) is 9.90 Å². The molecule has 192 valence electrons. The number of carboxylic acid groups (broad SMARTS) is 1. The first-order chi connectivity index (χ1) is 17.5. The smallest absolute Gasteiger partial charge is 0.337 e. The summed E-state index contributed by atoms with van der Waals surface area (Å²) < 4.78 is 11.3. The number of unbranched alkanes of at least 4 members (excludes halogenated alkanes) is 1. The van der Waals surface area contributed by atoms with Crippen LogP contribution in [0.5, 0.6) is 0 Å². The van der Waals surface area contributed by atoms with Crippen LogP contribution in [0, 0.1) is 6.92 Å². The van der Waals surface area contributed by atoms with Gasteiger partial charge in [-0.1, -0.05) is 37.1 Å². The molecule has 7 nitrogen and oxygen atoms in total. The molecule has 1 aromatic heterocycles. The number of aliphatic carboxylic acids is 1. The molecule has 2 heterocycles. The van der Waals surface area contributed by atoms with Gasteiger partial charge in [0.05, 0.1) is 18.7 Å². The Balaban J connectivity index is 1.71. The van der Waals surface area contributed by atoms with Gasteiger partial charge in [-0.25, -0.2) is 9.78 Å². The molecule has 0 bridgehead atoms. The number of aromatic nitrogens is 1. The number of rotatable bonds is 11. The zero-order valence-corrected chi connectivity index (χ0v) is 21.7. The fourth-order valence-corrected chi connectivity index (χ4v) is 4.70. The predicted molar refractivity (Wildman–Crippen MR) is 144 cm³/mol. The molecule has 1 unspecified atom stereocenters. The van der Waals surface area contributed by atoms with Crippen molar-refractivity contribution in [3.63, 3.8) is 0 Å². The highest BCUT2D eigenvalue weighted by Crippen LogP contribution is 2.39. The number of pyridine rings is 1. The van der Waals surface area contributed by atoms with Crippen molar-refractivity contribution in [1.82, 2.24) is 9.88 Å². The third-order valence-electron chi connectivity index (χ3n) is 6.48. The molecule has 2 N–H and O–H groups in total. The molecule has 0 amide bonds. The highest BCUT2D eigenvalue weighted by atomic mass is 35.5. The number of aryl methyl sites for hydroxylation is 1. The summed E-state index contributed by atoms with van der Waals surface area (Å²) in [6.07, 6.45) is 0.657. The maximum absolute atomic E-state index is 12.3. The Morgan fingerprint density at radius 1 is 1.22 bits per heavy atom. The second-order valence-electron chi connectivity index (χ2n) is 9.08. The van der Waals surface area contributed by atoms with Crippen LogP contribution in [-0.4, -0.2) is 67.0 Å². The molecule has 3 aromatic rings. The number of morpholine rings is 1. The molecular formula is C28H34ClN3O4. The fourth-order valence-electron chi connectivity index (χ4n) is 4.58. The van der Waals surface area contributed by atoms with Crippen LogP contribution < -0.4 is 5.32 Å². The van der Waals surface area contributed by atoms with Crippen molar-refractivity contribution >= 4 is 34.3 Å². The number of hydrogen-bond donors (Lipinski definition) is 2. The molecule has 1 aliphatic heterocycles. The Bertz CT molecular complexity index is 1180. The van der Waals surface area contributed by atoms with Crippen molar-refractivity contribution in [2.45, 2.75) is 32.8 Å². The first kappa shape index (κ1) is 26.4. The van der Waals surface area contributed by atoms with Crippen LogP contribution in [0.1, 0.15) is 37.0 Å².